The van der Waals surface area contributed by atoms with Crippen molar-refractivity contribution in [3.8, 4) is 11.3 Å². The van der Waals surface area contributed by atoms with Gasteiger partial charge in [0.05, 0.1) is 17.6 Å². The SMILES string of the molecule is Cc1cn2nc(-c3c[nH]c4nc(C5CC5)ncc34)ccc2n1. The summed E-state index contributed by atoms with van der Waals surface area (Å²) >= 11 is 0. The highest BCUT2D eigenvalue weighted by Gasteiger charge is 2.27. The van der Waals surface area contributed by atoms with E-state index in [4.69, 9.17) is 0 Å². The molecule has 0 atom stereocenters. The Hall–Kier alpha value is -2.76. The van der Waals surface area contributed by atoms with Gasteiger partial charge in [-0.25, -0.2) is 19.5 Å². The van der Waals surface area contributed by atoms with Crippen molar-refractivity contribution in [1.29, 1.82) is 0 Å². The van der Waals surface area contributed by atoms with Crippen molar-refractivity contribution in [1.82, 2.24) is 29.5 Å². The molecule has 108 valence electrons. The summed E-state index contributed by atoms with van der Waals surface area (Å²) in [7, 11) is 0. The van der Waals surface area contributed by atoms with Gasteiger partial charge < -0.3 is 4.98 Å². The zero-order valence-corrected chi connectivity index (χ0v) is 12.1. The zero-order valence-electron chi connectivity index (χ0n) is 12.1. The molecule has 0 radical (unpaired) electrons. The first-order chi connectivity index (χ1) is 10.8. The maximum Gasteiger partial charge on any atom is 0.153 e. The number of aryl methyl sites for hydroxylation is 1. The van der Waals surface area contributed by atoms with Crippen molar-refractivity contribution in [3.05, 3.63) is 42.2 Å². The second-order valence-electron chi connectivity index (χ2n) is 5.87. The van der Waals surface area contributed by atoms with Gasteiger partial charge in [0.1, 0.15) is 11.5 Å². The van der Waals surface area contributed by atoms with Crippen LogP contribution >= 0.6 is 0 Å². The van der Waals surface area contributed by atoms with Crippen LogP contribution in [0.25, 0.3) is 27.9 Å². The van der Waals surface area contributed by atoms with E-state index in [0.29, 0.717) is 5.92 Å². The number of fused-ring (bicyclic) bond motifs is 2. The van der Waals surface area contributed by atoms with Crippen LogP contribution in [0.1, 0.15) is 30.3 Å². The van der Waals surface area contributed by atoms with Gasteiger partial charge in [-0.2, -0.15) is 5.10 Å². The molecule has 4 aromatic heterocycles. The average Bonchev–Trinajstić information content (AvgIpc) is 3.18. The van der Waals surface area contributed by atoms with Gasteiger partial charge in [0.25, 0.3) is 0 Å². The molecule has 4 aromatic rings. The van der Waals surface area contributed by atoms with Crippen molar-refractivity contribution in [2.45, 2.75) is 25.7 Å². The number of aromatic amines is 1. The Kier molecular flexibility index (Phi) is 2.22. The molecule has 0 spiro atoms. The van der Waals surface area contributed by atoms with Gasteiger partial charge in [-0.05, 0) is 31.9 Å². The van der Waals surface area contributed by atoms with Crippen LogP contribution in [0.4, 0.5) is 0 Å². The molecule has 1 N–H and O–H groups in total. The molecule has 6 nitrogen and oxygen atoms in total. The maximum absolute atomic E-state index is 4.64. The Labute approximate surface area is 126 Å². The van der Waals surface area contributed by atoms with Crippen LogP contribution in [0.3, 0.4) is 0 Å². The monoisotopic (exact) mass is 290 g/mol. The summed E-state index contributed by atoms with van der Waals surface area (Å²) < 4.78 is 1.81. The minimum Gasteiger partial charge on any atom is -0.345 e. The summed E-state index contributed by atoms with van der Waals surface area (Å²) in [5.74, 6) is 1.51. The van der Waals surface area contributed by atoms with E-state index in [1.54, 1.807) is 0 Å². The number of nitrogens with one attached hydrogen (secondary N) is 1. The van der Waals surface area contributed by atoms with E-state index in [1.807, 2.05) is 42.2 Å². The van der Waals surface area contributed by atoms with E-state index in [2.05, 4.69) is 25.0 Å². The number of imidazole rings is 1. The smallest absolute Gasteiger partial charge is 0.153 e. The van der Waals surface area contributed by atoms with E-state index in [1.165, 1.54) is 12.8 Å². The highest BCUT2D eigenvalue weighted by atomic mass is 15.2. The van der Waals surface area contributed by atoms with Gasteiger partial charge in [0.15, 0.2) is 5.65 Å². The van der Waals surface area contributed by atoms with Crippen LogP contribution in [-0.4, -0.2) is 29.5 Å². The third-order valence-electron chi connectivity index (χ3n) is 4.11. The zero-order chi connectivity index (χ0) is 14.7. The molecule has 0 unspecified atom stereocenters. The van der Waals surface area contributed by atoms with Crippen LogP contribution < -0.4 is 0 Å². The lowest BCUT2D eigenvalue weighted by Crippen LogP contribution is -1.94. The van der Waals surface area contributed by atoms with Crippen LogP contribution in [0, 0.1) is 6.92 Å². The van der Waals surface area contributed by atoms with Crippen LogP contribution in [0.5, 0.6) is 0 Å². The fourth-order valence-electron chi connectivity index (χ4n) is 2.82. The molecule has 0 aromatic carbocycles. The van der Waals surface area contributed by atoms with E-state index in [9.17, 15) is 0 Å². The van der Waals surface area contributed by atoms with E-state index in [-0.39, 0.29) is 0 Å². The quantitative estimate of drug-likeness (QED) is 0.616. The summed E-state index contributed by atoms with van der Waals surface area (Å²) in [6, 6.07) is 3.97. The normalized spacial score (nSPS) is 15.0. The first-order valence-corrected chi connectivity index (χ1v) is 7.45. The number of rotatable bonds is 2. The number of nitrogens with zero attached hydrogens (tertiary/aromatic N) is 5. The molecule has 1 saturated carbocycles. The predicted octanol–water partition coefficient (Wildman–Crippen LogP) is 2.85. The summed E-state index contributed by atoms with van der Waals surface area (Å²) in [5, 5.41) is 5.64. The molecule has 0 saturated heterocycles. The molecular weight excluding hydrogens is 276 g/mol. The first-order valence-electron chi connectivity index (χ1n) is 7.45. The van der Waals surface area contributed by atoms with Crippen LogP contribution in [0.15, 0.2) is 30.7 Å². The minimum atomic E-state index is 0.555. The van der Waals surface area contributed by atoms with Crippen LogP contribution in [-0.2, 0) is 0 Å². The predicted molar refractivity (Wildman–Crippen MR) is 82.6 cm³/mol. The lowest BCUT2D eigenvalue weighted by atomic mass is 10.2. The molecular formula is C16H14N6. The van der Waals surface area contributed by atoms with Gasteiger partial charge in [-0.3, -0.25) is 0 Å². The Morgan fingerprint density at radius 3 is 3.00 bits per heavy atom. The number of hydrogen-bond donors (Lipinski definition) is 1. The van der Waals surface area contributed by atoms with Gasteiger partial charge >= 0.3 is 0 Å². The Morgan fingerprint density at radius 2 is 2.14 bits per heavy atom. The van der Waals surface area contributed by atoms with Gasteiger partial charge in [-0.15, -0.1) is 0 Å². The molecule has 1 fully saturated rings. The highest BCUT2D eigenvalue weighted by Crippen LogP contribution is 2.38. The topological polar surface area (TPSA) is 71.8 Å². The largest absolute Gasteiger partial charge is 0.345 e. The van der Waals surface area contributed by atoms with Gasteiger partial charge in [0, 0.05) is 29.3 Å². The summed E-state index contributed by atoms with van der Waals surface area (Å²) in [6.45, 7) is 1.97. The highest BCUT2D eigenvalue weighted by molar-refractivity contribution is 5.91. The van der Waals surface area contributed by atoms with E-state index < -0.39 is 0 Å². The average molecular weight is 290 g/mol. The Balaban J connectivity index is 1.67. The van der Waals surface area contributed by atoms with Crippen molar-refractivity contribution in [2.75, 3.05) is 0 Å². The van der Waals surface area contributed by atoms with Crippen molar-refractivity contribution >= 4 is 16.7 Å². The van der Waals surface area contributed by atoms with Crippen molar-refractivity contribution in [3.63, 3.8) is 0 Å². The fraction of sp³-hybridized carbons (Fsp3) is 0.250. The third-order valence-corrected chi connectivity index (χ3v) is 4.11. The standard InChI is InChI=1S/C16H14N6/c1-9-8-22-14(19-9)5-4-13(21-22)11-6-18-16-12(11)7-17-15(20-16)10-2-3-10/h4-8,10H,2-3H2,1H3,(H,17,18,20). The number of aromatic nitrogens is 6. The molecule has 6 heteroatoms. The second-order valence-corrected chi connectivity index (χ2v) is 5.87. The Bertz CT molecular complexity index is 1010. The molecule has 0 bridgehead atoms. The lowest BCUT2D eigenvalue weighted by molar-refractivity contribution is 0.940. The first kappa shape index (κ1) is 11.9. The summed E-state index contributed by atoms with van der Waals surface area (Å²) in [5.41, 5.74) is 4.61. The fourth-order valence-corrected chi connectivity index (χ4v) is 2.82. The molecule has 0 amide bonds. The number of hydrogen-bond acceptors (Lipinski definition) is 4. The van der Waals surface area contributed by atoms with Crippen molar-refractivity contribution in [2.24, 2.45) is 0 Å². The number of H-pyrrole nitrogens is 1. The minimum absolute atomic E-state index is 0.555. The van der Waals surface area contributed by atoms with Gasteiger partial charge in [-0.1, -0.05) is 0 Å². The van der Waals surface area contributed by atoms with Crippen molar-refractivity contribution < 1.29 is 0 Å². The second kappa shape index (κ2) is 4.13. The maximum atomic E-state index is 4.64. The Morgan fingerprint density at radius 1 is 1.23 bits per heavy atom. The summed E-state index contributed by atoms with van der Waals surface area (Å²) in [4.78, 5) is 16.8. The lowest BCUT2D eigenvalue weighted by Gasteiger charge is -2.00. The van der Waals surface area contributed by atoms with E-state index in [0.717, 1.165) is 39.5 Å². The molecule has 5 rings (SSSR count). The molecule has 4 heterocycles. The summed E-state index contributed by atoms with van der Waals surface area (Å²) in [6.07, 6.45) is 8.20. The molecule has 1 aliphatic carbocycles. The van der Waals surface area contributed by atoms with E-state index >= 15 is 0 Å². The third kappa shape index (κ3) is 1.73. The molecule has 0 aliphatic heterocycles. The van der Waals surface area contributed by atoms with Gasteiger partial charge in [0.2, 0.25) is 0 Å². The molecule has 22 heavy (non-hydrogen) atoms. The van der Waals surface area contributed by atoms with Crippen LogP contribution in [0.2, 0.25) is 0 Å². The molecule has 1 aliphatic rings.